The maximum absolute atomic E-state index is 12.5. The predicted molar refractivity (Wildman–Crippen MR) is 107 cm³/mol. The number of aliphatic hydroxyl groups is 1. The van der Waals surface area contributed by atoms with Crippen molar-refractivity contribution in [2.45, 2.75) is 57.8 Å². The summed E-state index contributed by atoms with van der Waals surface area (Å²) in [5.74, 6) is -2.43. The molecule has 0 aromatic heterocycles. The molecule has 0 spiro atoms. The number of thioether (sulfide) groups is 1. The fourth-order valence-corrected chi connectivity index (χ4v) is 2.71. The Hall–Kier alpha value is -1.85. The smallest absolute Gasteiger partial charge is 0.326 e. The van der Waals surface area contributed by atoms with E-state index in [9.17, 15) is 24.3 Å². The predicted octanol–water partition coefficient (Wildman–Crippen LogP) is -1.34. The molecule has 0 fully saturated rings. The van der Waals surface area contributed by atoms with E-state index >= 15 is 0 Å². The maximum atomic E-state index is 12.5. The molecule has 0 saturated heterocycles. The number of rotatable bonds is 13. The van der Waals surface area contributed by atoms with E-state index in [-0.39, 0.29) is 12.3 Å². The molecule has 4 unspecified atom stereocenters. The van der Waals surface area contributed by atoms with Gasteiger partial charge in [0.05, 0.1) is 6.61 Å². The van der Waals surface area contributed by atoms with Gasteiger partial charge in [0.1, 0.15) is 24.2 Å². The van der Waals surface area contributed by atoms with E-state index in [4.69, 9.17) is 10.8 Å². The van der Waals surface area contributed by atoms with Crippen molar-refractivity contribution in [3.8, 4) is 0 Å². The lowest BCUT2D eigenvalue weighted by atomic mass is 10.0. The third-order valence-corrected chi connectivity index (χ3v) is 4.49. The molecular formula is C17H32N4O6S. The summed E-state index contributed by atoms with van der Waals surface area (Å²) in [5, 5.41) is 25.5. The lowest BCUT2D eigenvalue weighted by Crippen LogP contribution is -2.57. The molecule has 11 heteroatoms. The number of carbonyl (C=O) groups excluding carboxylic acids is 3. The molecule has 0 aromatic rings. The fourth-order valence-electron chi connectivity index (χ4n) is 2.23. The first kappa shape index (κ1) is 26.1. The highest BCUT2D eigenvalue weighted by atomic mass is 32.2. The van der Waals surface area contributed by atoms with Crippen molar-refractivity contribution in [3.05, 3.63) is 0 Å². The van der Waals surface area contributed by atoms with Gasteiger partial charge in [-0.25, -0.2) is 4.79 Å². The zero-order valence-corrected chi connectivity index (χ0v) is 17.5. The van der Waals surface area contributed by atoms with E-state index in [1.807, 2.05) is 20.1 Å². The number of carboxylic acid groups (broad SMARTS) is 1. The summed E-state index contributed by atoms with van der Waals surface area (Å²) >= 11 is 1.46. The number of aliphatic hydroxyl groups excluding tert-OH is 1. The van der Waals surface area contributed by atoms with Crippen LogP contribution in [0.3, 0.4) is 0 Å². The van der Waals surface area contributed by atoms with Gasteiger partial charge in [0, 0.05) is 0 Å². The number of aliphatic carboxylic acids is 1. The summed E-state index contributed by atoms with van der Waals surface area (Å²) in [4.78, 5) is 47.9. The first-order valence-corrected chi connectivity index (χ1v) is 10.4. The molecule has 0 saturated carbocycles. The highest BCUT2D eigenvalue weighted by Crippen LogP contribution is 2.06. The molecular weight excluding hydrogens is 388 g/mol. The molecule has 28 heavy (non-hydrogen) atoms. The zero-order chi connectivity index (χ0) is 21.9. The molecule has 0 radical (unpaired) electrons. The largest absolute Gasteiger partial charge is 0.480 e. The van der Waals surface area contributed by atoms with E-state index in [2.05, 4.69) is 16.0 Å². The van der Waals surface area contributed by atoms with Crippen LogP contribution in [-0.4, -0.2) is 76.7 Å². The standard InChI is InChI=1S/C17H32N4O6S/c1-9(2)7-13(21-15(24)11(18)8-22)16(25)19-10(3)14(23)20-12(17(26)27)5-6-28-4/h9-13,22H,5-8,18H2,1-4H3,(H,19,25)(H,20,23)(H,21,24)(H,26,27). The average molecular weight is 421 g/mol. The third kappa shape index (κ3) is 9.90. The Balaban J connectivity index is 4.95. The average Bonchev–Trinajstić information content (AvgIpc) is 2.62. The zero-order valence-electron chi connectivity index (χ0n) is 16.7. The molecule has 0 heterocycles. The highest BCUT2D eigenvalue weighted by molar-refractivity contribution is 7.98. The Morgan fingerprint density at radius 1 is 0.964 bits per heavy atom. The second-order valence-electron chi connectivity index (χ2n) is 6.89. The van der Waals surface area contributed by atoms with E-state index in [0.717, 1.165) is 0 Å². The van der Waals surface area contributed by atoms with Gasteiger partial charge in [0.25, 0.3) is 0 Å². The quantitative estimate of drug-likeness (QED) is 0.213. The maximum Gasteiger partial charge on any atom is 0.326 e. The summed E-state index contributed by atoms with van der Waals surface area (Å²) in [6, 6.07) is -4.14. The van der Waals surface area contributed by atoms with Crippen LogP contribution in [-0.2, 0) is 19.2 Å². The second kappa shape index (κ2) is 13.3. The van der Waals surface area contributed by atoms with Gasteiger partial charge in [-0.1, -0.05) is 13.8 Å². The van der Waals surface area contributed by atoms with Gasteiger partial charge in [-0.05, 0) is 37.7 Å². The van der Waals surface area contributed by atoms with E-state index in [0.29, 0.717) is 12.2 Å². The van der Waals surface area contributed by atoms with Crippen LogP contribution < -0.4 is 21.7 Å². The monoisotopic (exact) mass is 420 g/mol. The Morgan fingerprint density at radius 2 is 1.54 bits per heavy atom. The molecule has 3 amide bonds. The van der Waals surface area contributed by atoms with Crippen LogP contribution in [0.2, 0.25) is 0 Å². The highest BCUT2D eigenvalue weighted by Gasteiger charge is 2.28. The van der Waals surface area contributed by atoms with Crippen LogP contribution in [0.25, 0.3) is 0 Å². The number of carbonyl (C=O) groups is 4. The van der Waals surface area contributed by atoms with Gasteiger partial charge < -0.3 is 31.9 Å². The molecule has 0 rings (SSSR count). The van der Waals surface area contributed by atoms with Crippen LogP contribution >= 0.6 is 11.8 Å². The van der Waals surface area contributed by atoms with Gasteiger partial charge in [0.2, 0.25) is 17.7 Å². The molecule has 0 aromatic carbocycles. The van der Waals surface area contributed by atoms with E-state index in [1.54, 1.807) is 0 Å². The molecule has 0 aliphatic carbocycles. The summed E-state index contributed by atoms with van der Waals surface area (Å²) in [5.41, 5.74) is 5.45. The molecule has 0 bridgehead atoms. The van der Waals surface area contributed by atoms with Crippen molar-refractivity contribution in [2.24, 2.45) is 11.7 Å². The molecule has 7 N–H and O–H groups in total. The Bertz CT molecular complexity index is 546. The van der Waals surface area contributed by atoms with Gasteiger partial charge in [-0.3, -0.25) is 14.4 Å². The lowest BCUT2D eigenvalue weighted by molar-refractivity contribution is -0.142. The molecule has 0 aliphatic heterocycles. The van der Waals surface area contributed by atoms with Crippen LogP contribution in [0.4, 0.5) is 0 Å². The van der Waals surface area contributed by atoms with Crippen LogP contribution in [0.5, 0.6) is 0 Å². The van der Waals surface area contributed by atoms with Crippen molar-refractivity contribution in [1.29, 1.82) is 0 Å². The Labute approximate surface area is 169 Å². The first-order chi connectivity index (χ1) is 13.0. The Morgan fingerprint density at radius 3 is 2.00 bits per heavy atom. The fraction of sp³-hybridized carbons (Fsp3) is 0.765. The van der Waals surface area contributed by atoms with Gasteiger partial charge in [-0.2, -0.15) is 11.8 Å². The summed E-state index contributed by atoms with van der Waals surface area (Å²) in [6.45, 7) is 4.58. The SMILES string of the molecule is CSCCC(NC(=O)C(C)NC(=O)C(CC(C)C)NC(=O)C(N)CO)C(=O)O. The van der Waals surface area contributed by atoms with Crippen molar-refractivity contribution in [1.82, 2.24) is 16.0 Å². The Kier molecular flexibility index (Phi) is 12.5. The molecule has 162 valence electrons. The van der Waals surface area contributed by atoms with Crippen LogP contribution in [0.15, 0.2) is 0 Å². The molecule has 4 atom stereocenters. The van der Waals surface area contributed by atoms with Crippen LogP contribution in [0.1, 0.15) is 33.6 Å². The number of amides is 3. The first-order valence-electron chi connectivity index (χ1n) is 9.02. The van der Waals surface area contributed by atoms with Crippen molar-refractivity contribution >= 4 is 35.5 Å². The van der Waals surface area contributed by atoms with Crippen LogP contribution in [0, 0.1) is 5.92 Å². The minimum atomic E-state index is -1.16. The normalized spacial score (nSPS) is 15.2. The topological polar surface area (TPSA) is 171 Å². The van der Waals surface area contributed by atoms with Gasteiger partial charge in [0.15, 0.2) is 0 Å². The summed E-state index contributed by atoms with van der Waals surface area (Å²) in [7, 11) is 0. The van der Waals surface area contributed by atoms with Gasteiger partial charge >= 0.3 is 5.97 Å². The minimum absolute atomic E-state index is 0.0634. The number of hydrogen-bond acceptors (Lipinski definition) is 7. The number of nitrogens with one attached hydrogen (secondary N) is 3. The van der Waals surface area contributed by atoms with Crippen molar-refractivity contribution < 1.29 is 29.4 Å². The van der Waals surface area contributed by atoms with E-state index in [1.165, 1.54) is 18.7 Å². The second-order valence-corrected chi connectivity index (χ2v) is 7.88. The lowest BCUT2D eigenvalue weighted by Gasteiger charge is -2.24. The number of hydrogen-bond donors (Lipinski definition) is 6. The van der Waals surface area contributed by atoms with Gasteiger partial charge in [-0.15, -0.1) is 0 Å². The van der Waals surface area contributed by atoms with E-state index < -0.39 is 54.5 Å². The number of nitrogens with two attached hydrogens (primary N) is 1. The van der Waals surface area contributed by atoms with Crippen molar-refractivity contribution in [3.63, 3.8) is 0 Å². The number of carboxylic acids is 1. The summed E-state index contributed by atoms with van der Waals surface area (Å²) < 4.78 is 0. The van der Waals surface area contributed by atoms with Crippen molar-refractivity contribution in [2.75, 3.05) is 18.6 Å². The molecule has 0 aliphatic rings. The minimum Gasteiger partial charge on any atom is -0.480 e. The molecule has 10 nitrogen and oxygen atoms in total. The summed E-state index contributed by atoms with van der Waals surface area (Å²) in [6.07, 6.45) is 2.39. The third-order valence-electron chi connectivity index (χ3n) is 3.85.